The molecule has 0 aromatic heterocycles. The van der Waals surface area contributed by atoms with Crippen LogP contribution in [0.25, 0.3) is 0 Å². The Morgan fingerprint density at radius 1 is 1.06 bits per heavy atom. The smallest absolute Gasteiger partial charge is 0.192 e. The molecule has 0 bridgehead atoms. The third-order valence-corrected chi connectivity index (χ3v) is 2.37. The third kappa shape index (κ3) is 2.88. The second-order valence-electron chi connectivity index (χ2n) is 3.31. The summed E-state index contributed by atoms with van der Waals surface area (Å²) in [5, 5.41) is 8.53. The fourth-order valence-corrected chi connectivity index (χ4v) is 1.55. The molecule has 0 saturated carbocycles. The molecule has 1 aromatic carbocycles. The summed E-state index contributed by atoms with van der Waals surface area (Å²) >= 11 is 5.29. The van der Waals surface area contributed by atoms with Crippen molar-refractivity contribution in [1.82, 2.24) is 0 Å². The predicted octanol–water partition coefficient (Wildman–Crippen LogP) is 4.33. The lowest BCUT2D eigenvalue weighted by Crippen LogP contribution is -2.19. The van der Waals surface area contributed by atoms with Crippen LogP contribution in [-0.4, -0.2) is 0 Å². The molecule has 0 heterocycles. The van der Waals surface area contributed by atoms with E-state index in [9.17, 15) is 26.3 Å². The number of nitrogens with zero attached hydrogens (tertiary/aromatic N) is 1. The average Bonchev–Trinajstić information content (AvgIpc) is 2.24. The minimum Gasteiger partial charge on any atom is -0.192 e. The zero-order valence-corrected chi connectivity index (χ0v) is 9.21. The normalized spacial score (nSPS) is 12.3. The highest BCUT2D eigenvalue weighted by Crippen LogP contribution is 2.42. The Bertz CT molecular complexity index is 497. The molecule has 0 amide bonds. The predicted molar refractivity (Wildman–Crippen MR) is 50.7 cm³/mol. The van der Waals surface area contributed by atoms with Gasteiger partial charge in [-0.25, -0.2) is 0 Å². The number of alkyl halides is 7. The van der Waals surface area contributed by atoms with E-state index in [1.165, 1.54) is 0 Å². The number of hydrogen-bond acceptors (Lipinski definition) is 1. The maximum absolute atomic E-state index is 12.6. The minimum atomic E-state index is -5.26. The van der Waals surface area contributed by atoms with Crippen molar-refractivity contribution in [3.05, 3.63) is 34.4 Å². The second kappa shape index (κ2) is 4.69. The number of halogens is 7. The van der Waals surface area contributed by atoms with Gasteiger partial charge in [0.2, 0.25) is 0 Å². The molecule has 8 heteroatoms. The number of nitriles is 1. The maximum atomic E-state index is 12.6. The molecule has 1 nitrogen and oxygen atoms in total. The van der Waals surface area contributed by atoms with E-state index in [0.29, 0.717) is 12.1 Å². The molecular formula is C10H4ClF6N. The molecular weight excluding hydrogens is 284 g/mol. The SMILES string of the molecule is N#Cc1cc(CCl)cc(C(F)(F)F)c1C(F)(F)F. The summed E-state index contributed by atoms with van der Waals surface area (Å²) in [6.45, 7) is 0. The van der Waals surface area contributed by atoms with Gasteiger partial charge in [-0.05, 0) is 17.7 Å². The van der Waals surface area contributed by atoms with Crippen LogP contribution < -0.4 is 0 Å². The zero-order valence-electron chi connectivity index (χ0n) is 8.45. The Morgan fingerprint density at radius 3 is 1.94 bits per heavy atom. The molecule has 0 saturated heterocycles. The van der Waals surface area contributed by atoms with E-state index in [1.54, 1.807) is 0 Å². The first-order valence-electron chi connectivity index (χ1n) is 4.38. The van der Waals surface area contributed by atoms with E-state index >= 15 is 0 Å². The van der Waals surface area contributed by atoms with Gasteiger partial charge in [0.25, 0.3) is 0 Å². The monoisotopic (exact) mass is 287 g/mol. The van der Waals surface area contributed by atoms with E-state index in [1.807, 2.05) is 0 Å². The Morgan fingerprint density at radius 2 is 1.61 bits per heavy atom. The summed E-state index contributed by atoms with van der Waals surface area (Å²) in [5.41, 5.74) is -5.17. The van der Waals surface area contributed by atoms with Crippen LogP contribution in [0.3, 0.4) is 0 Å². The van der Waals surface area contributed by atoms with Crippen molar-refractivity contribution >= 4 is 11.6 Å². The summed E-state index contributed by atoms with van der Waals surface area (Å²) in [6, 6.07) is 2.11. The molecule has 0 aliphatic carbocycles. The maximum Gasteiger partial charge on any atom is 0.418 e. The fraction of sp³-hybridized carbons (Fsp3) is 0.300. The lowest BCUT2D eigenvalue weighted by atomic mass is 9.97. The highest BCUT2D eigenvalue weighted by atomic mass is 35.5. The van der Waals surface area contributed by atoms with E-state index in [2.05, 4.69) is 0 Å². The Labute approximate surface area is 103 Å². The second-order valence-corrected chi connectivity index (χ2v) is 3.57. The van der Waals surface area contributed by atoms with E-state index in [0.717, 1.165) is 6.07 Å². The molecule has 18 heavy (non-hydrogen) atoms. The van der Waals surface area contributed by atoms with Crippen molar-refractivity contribution in [2.45, 2.75) is 18.2 Å². The first-order valence-corrected chi connectivity index (χ1v) is 4.92. The number of hydrogen-bond donors (Lipinski definition) is 0. The molecule has 1 rings (SSSR count). The molecule has 0 aliphatic heterocycles. The molecule has 0 unspecified atom stereocenters. The van der Waals surface area contributed by atoms with Crippen molar-refractivity contribution in [1.29, 1.82) is 5.26 Å². The quantitative estimate of drug-likeness (QED) is 0.557. The Balaban J connectivity index is 3.71. The van der Waals surface area contributed by atoms with Crippen LogP contribution in [0.2, 0.25) is 0 Å². The van der Waals surface area contributed by atoms with Crippen molar-refractivity contribution < 1.29 is 26.3 Å². The molecule has 0 aliphatic rings. The largest absolute Gasteiger partial charge is 0.418 e. The van der Waals surface area contributed by atoms with Crippen molar-refractivity contribution in [3.63, 3.8) is 0 Å². The minimum absolute atomic E-state index is 0.200. The van der Waals surface area contributed by atoms with Crippen LogP contribution in [0.1, 0.15) is 22.3 Å². The summed E-state index contributed by atoms with van der Waals surface area (Å²) in [5.74, 6) is -0.421. The molecule has 98 valence electrons. The van der Waals surface area contributed by atoms with Gasteiger partial charge in [-0.15, -0.1) is 11.6 Å². The van der Waals surface area contributed by atoms with Crippen LogP contribution in [0.4, 0.5) is 26.3 Å². The summed E-state index contributed by atoms with van der Waals surface area (Å²) in [6.07, 6.45) is -10.5. The Hall–Kier alpha value is -1.42. The van der Waals surface area contributed by atoms with Crippen LogP contribution in [0.15, 0.2) is 12.1 Å². The first-order chi connectivity index (χ1) is 8.11. The first kappa shape index (κ1) is 14.6. The average molecular weight is 288 g/mol. The number of benzene rings is 1. The van der Waals surface area contributed by atoms with Crippen LogP contribution in [0, 0.1) is 11.3 Å². The van der Waals surface area contributed by atoms with Gasteiger partial charge in [0.15, 0.2) is 0 Å². The van der Waals surface area contributed by atoms with Gasteiger partial charge in [-0.1, -0.05) is 0 Å². The lowest BCUT2D eigenvalue weighted by molar-refractivity contribution is -0.162. The van der Waals surface area contributed by atoms with Crippen molar-refractivity contribution in [3.8, 4) is 6.07 Å². The molecule has 0 fully saturated rings. The Kier molecular flexibility index (Phi) is 3.81. The van der Waals surface area contributed by atoms with Crippen LogP contribution in [0.5, 0.6) is 0 Å². The third-order valence-electron chi connectivity index (χ3n) is 2.06. The topological polar surface area (TPSA) is 23.8 Å². The van der Waals surface area contributed by atoms with E-state index < -0.39 is 34.9 Å². The van der Waals surface area contributed by atoms with Gasteiger partial charge >= 0.3 is 12.4 Å². The molecule has 0 atom stereocenters. The standard InChI is InChI=1S/C10H4ClF6N/c11-3-5-1-6(4-18)8(10(15,16)17)7(2-5)9(12,13)14/h1-2H,3H2. The molecule has 1 aromatic rings. The summed E-state index contributed by atoms with van der Waals surface area (Å²) in [7, 11) is 0. The van der Waals surface area contributed by atoms with Gasteiger partial charge in [0, 0.05) is 5.88 Å². The lowest BCUT2D eigenvalue weighted by Gasteiger charge is -2.17. The fourth-order valence-electron chi connectivity index (χ4n) is 1.40. The van der Waals surface area contributed by atoms with Crippen molar-refractivity contribution in [2.24, 2.45) is 0 Å². The van der Waals surface area contributed by atoms with Gasteiger partial charge in [0.1, 0.15) is 0 Å². The van der Waals surface area contributed by atoms with Gasteiger partial charge in [-0.2, -0.15) is 31.6 Å². The highest BCUT2D eigenvalue weighted by Gasteiger charge is 2.45. The van der Waals surface area contributed by atoms with E-state index in [-0.39, 0.29) is 5.56 Å². The number of rotatable bonds is 1. The molecule has 0 N–H and O–H groups in total. The van der Waals surface area contributed by atoms with Gasteiger partial charge in [0.05, 0.1) is 22.8 Å². The molecule has 0 radical (unpaired) electrons. The highest BCUT2D eigenvalue weighted by molar-refractivity contribution is 6.17. The van der Waals surface area contributed by atoms with Gasteiger partial charge < -0.3 is 0 Å². The van der Waals surface area contributed by atoms with Gasteiger partial charge in [-0.3, -0.25) is 0 Å². The summed E-state index contributed by atoms with van der Waals surface area (Å²) in [4.78, 5) is 0. The van der Waals surface area contributed by atoms with Crippen LogP contribution >= 0.6 is 11.6 Å². The van der Waals surface area contributed by atoms with E-state index in [4.69, 9.17) is 16.9 Å². The van der Waals surface area contributed by atoms with Crippen LogP contribution in [-0.2, 0) is 18.2 Å². The summed E-state index contributed by atoms with van der Waals surface area (Å²) < 4.78 is 75.4. The zero-order chi connectivity index (χ0) is 14.1. The van der Waals surface area contributed by atoms with Crippen molar-refractivity contribution in [2.75, 3.05) is 0 Å². The molecule has 0 spiro atoms.